The van der Waals surface area contributed by atoms with Gasteiger partial charge in [-0.2, -0.15) is 5.48 Å². The Morgan fingerprint density at radius 2 is 2.06 bits per heavy atom. The third kappa shape index (κ3) is 3.81. The van der Waals surface area contributed by atoms with Gasteiger partial charge in [-0.15, -0.1) is 0 Å². The van der Waals surface area contributed by atoms with E-state index in [4.69, 9.17) is 9.94 Å². The number of carbonyl (C=O) groups excluding carboxylic acids is 1. The van der Waals surface area contributed by atoms with E-state index in [0.29, 0.717) is 6.61 Å². The molecule has 0 radical (unpaired) electrons. The van der Waals surface area contributed by atoms with Crippen LogP contribution in [-0.4, -0.2) is 30.3 Å². The Bertz CT molecular complexity index is 355. The fourth-order valence-electron chi connectivity index (χ4n) is 1.22. The molecule has 1 aromatic carbocycles. The van der Waals surface area contributed by atoms with E-state index in [1.54, 1.807) is 0 Å². The number of aliphatic hydroxyl groups excluding tert-OH is 1. The topological polar surface area (TPSA) is 67.8 Å². The van der Waals surface area contributed by atoms with Crippen molar-refractivity contribution in [2.75, 3.05) is 13.7 Å². The van der Waals surface area contributed by atoms with Gasteiger partial charge in [0.25, 0.3) is 0 Å². The molecule has 2 N–H and O–H groups in total. The Kier molecular flexibility index (Phi) is 5.09. The van der Waals surface area contributed by atoms with E-state index >= 15 is 0 Å². The highest BCUT2D eigenvalue weighted by Crippen LogP contribution is 2.06. The fraction of sp³-hybridized carbons (Fsp3) is 0.417. The van der Waals surface area contributed by atoms with Crippen LogP contribution in [0, 0.1) is 0 Å². The summed E-state index contributed by atoms with van der Waals surface area (Å²) in [5, 5.41) is 9.14. The minimum Gasteiger partial charge on any atom is -0.468 e. The molecule has 94 valence electrons. The van der Waals surface area contributed by atoms with Crippen LogP contribution in [0.25, 0.3) is 0 Å². The monoisotopic (exact) mass is 239 g/mol. The summed E-state index contributed by atoms with van der Waals surface area (Å²) in [5.74, 6) is -0.576. The number of ether oxygens (including phenoxy) is 1. The summed E-state index contributed by atoms with van der Waals surface area (Å²) in [7, 11) is 1.26. The molecule has 0 bridgehead atoms. The Labute approximate surface area is 100 Å². The highest BCUT2D eigenvalue weighted by Gasteiger charge is 2.34. The number of hydrogen-bond acceptors (Lipinski definition) is 5. The van der Waals surface area contributed by atoms with Gasteiger partial charge in [-0.05, 0) is 12.5 Å². The van der Waals surface area contributed by atoms with E-state index in [2.05, 4.69) is 10.2 Å². The summed E-state index contributed by atoms with van der Waals surface area (Å²) in [4.78, 5) is 16.6. The van der Waals surface area contributed by atoms with Crippen molar-refractivity contribution >= 4 is 5.97 Å². The van der Waals surface area contributed by atoms with Crippen molar-refractivity contribution in [3.05, 3.63) is 35.9 Å². The smallest absolute Gasteiger partial charge is 0.330 e. The van der Waals surface area contributed by atoms with Crippen LogP contribution >= 0.6 is 0 Å². The van der Waals surface area contributed by atoms with Crippen LogP contribution in [0.15, 0.2) is 30.3 Å². The third-order valence-electron chi connectivity index (χ3n) is 2.33. The van der Waals surface area contributed by atoms with Crippen molar-refractivity contribution in [3.63, 3.8) is 0 Å². The molecule has 1 rings (SSSR count). The van der Waals surface area contributed by atoms with E-state index in [1.165, 1.54) is 14.0 Å². The lowest BCUT2D eigenvalue weighted by Crippen LogP contribution is -2.52. The summed E-state index contributed by atoms with van der Waals surface area (Å²) in [6.45, 7) is 1.39. The molecule has 0 saturated carbocycles. The minimum atomic E-state index is -1.25. The highest BCUT2D eigenvalue weighted by molar-refractivity contribution is 5.80. The minimum absolute atomic E-state index is 0.299. The first kappa shape index (κ1) is 13.6. The van der Waals surface area contributed by atoms with Crippen LogP contribution in [0.5, 0.6) is 0 Å². The van der Waals surface area contributed by atoms with Crippen molar-refractivity contribution in [2.24, 2.45) is 0 Å². The number of nitrogens with one attached hydrogen (secondary N) is 1. The van der Waals surface area contributed by atoms with Gasteiger partial charge >= 0.3 is 5.97 Å². The first-order valence-corrected chi connectivity index (χ1v) is 5.24. The third-order valence-corrected chi connectivity index (χ3v) is 2.33. The van der Waals surface area contributed by atoms with E-state index in [0.717, 1.165) is 5.56 Å². The molecule has 0 saturated heterocycles. The van der Waals surface area contributed by atoms with Crippen LogP contribution in [0.3, 0.4) is 0 Å². The predicted molar refractivity (Wildman–Crippen MR) is 61.9 cm³/mol. The maximum atomic E-state index is 11.4. The van der Waals surface area contributed by atoms with Gasteiger partial charge in [0.2, 0.25) is 0 Å². The number of rotatable bonds is 6. The largest absolute Gasteiger partial charge is 0.468 e. The van der Waals surface area contributed by atoms with Crippen LogP contribution in [0.4, 0.5) is 0 Å². The van der Waals surface area contributed by atoms with Gasteiger partial charge in [-0.1, -0.05) is 30.3 Å². The van der Waals surface area contributed by atoms with Crippen LogP contribution in [0.2, 0.25) is 0 Å². The summed E-state index contributed by atoms with van der Waals surface area (Å²) in [6, 6.07) is 9.49. The maximum absolute atomic E-state index is 11.4. The molecule has 0 aliphatic carbocycles. The molecular weight excluding hydrogens is 222 g/mol. The van der Waals surface area contributed by atoms with Crippen molar-refractivity contribution in [2.45, 2.75) is 19.1 Å². The molecule has 5 nitrogen and oxygen atoms in total. The lowest BCUT2D eigenvalue weighted by Gasteiger charge is -2.24. The Hall–Kier alpha value is -1.43. The van der Waals surface area contributed by atoms with Crippen LogP contribution < -0.4 is 5.48 Å². The van der Waals surface area contributed by atoms with E-state index < -0.39 is 18.1 Å². The highest BCUT2D eigenvalue weighted by atomic mass is 16.7. The lowest BCUT2D eigenvalue weighted by atomic mass is 10.1. The second kappa shape index (κ2) is 6.34. The summed E-state index contributed by atoms with van der Waals surface area (Å²) >= 11 is 0. The predicted octanol–water partition coefficient (Wildman–Crippen LogP) is 0.632. The normalized spacial score (nSPS) is 14.1. The molecule has 0 spiro atoms. The van der Waals surface area contributed by atoms with Gasteiger partial charge in [0.1, 0.15) is 0 Å². The van der Waals surface area contributed by atoms with E-state index in [-0.39, 0.29) is 0 Å². The maximum Gasteiger partial charge on any atom is 0.330 e. The van der Waals surface area contributed by atoms with Gasteiger partial charge in [0.05, 0.1) is 20.3 Å². The molecule has 0 aliphatic heterocycles. The number of hydrogen-bond donors (Lipinski definition) is 2. The lowest BCUT2D eigenvalue weighted by molar-refractivity contribution is -0.159. The fourth-order valence-corrected chi connectivity index (χ4v) is 1.22. The standard InChI is InChI=1S/C12H17NO4/c1-12(9-14,11(15)16-2)13-17-8-10-6-4-3-5-7-10/h3-7,13-14H,8-9H2,1-2H3. The quantitative estimate of drug-likeness (QED) is 0.563. The Morgan fingerprint density at radius 1 is 1.41 bits per heavy atom. The van der Waals surface area contributed by atoms with Gasteiger partial charge in [-0.25, -0.2) is 4.79 Å². The van der Waals surface area contributed by atoms with Gasteiger partial charge < -0.3 is 9.84 Å². The van der Waals surface area contributed by atoms with E-state index in [9.17, 15) is 4.79 Å². The zero-order valence-electron chi connectivity index (χ0n) is 9.97. The molecule has 17 heavy (non-hydrogen) atoms. The van der Waals surface area contributed by atoms with Crippen LogP contribution in [0.1, 0.15) is 12.5 Å². The van der Waals surface area contributed by atoms with Crippen molar-refractivity contribution in [1.82, 2.24) is 5.48 Å². The SMILES string of the molecule is COC(=O)C(C)(CO)NOCc1ccccc1. The summed E-state index contributed by atoms with van der Waals surface area (Å²) in [5.41, 5.74) is 2.24. The van der Waals surface area contributed by atoms with Gasteiger partial charge in [0, 0.05) is 0 Å². The number of methoxy groups -OCH3 is 1. The average molecular weight is 239 g/mol. The number of hydroxylamine groups is 1. The van der Waals surface area contributed by atoms with Gasteiger partial charge in [0.15, 0.2) is 5.54 Å². The second-order valence-electron chi connectivity index (χ2n) is 3.86. The van der Waals surface area contributed by atoms with Crippen LogP contribution in [-0.2, 0) is 21.0 Å². The number of esters is 1. The van der Waals surface area contributed by atoms with Gasteiger partial charge in [-0.3, -0.25) is 4.84 Å². The molecular formula is C12H17NO4. The number of carbonyl (C=O) groups is 1. The van der Waals surface area contributed by atoms with Crippen molar-refractivity contribution in [3.8, 4) is 0 Å². The zero-order chi connectivity index (χ0) is 12.7. The molecule has 0 amide bonds. The molecule has 0 heterocycles. The zero-order valence-corrected chi connectivity index (χ0v) is 9.97. The number of aliphatic hydroxyl groups is 1. The molecule has 0 fully saturated rings. The first-order valence-electron chi connectivity index (χ1n) is 5.24. The van der Waals surface area contributed by atoms with E-state index in [1.807, 2.05) is 30.3 Å². The van der Waals surface area contributed by atoms with Crippen molar-refractivity contribution in [1.29, 1.82) is 0 Å². The van der Waals surface area contributed by atoms with Crippen molar-refractivity contribution < 1.29 is 19.5 Å². The Morgan fingerprint density at radius 3 is 2.59 bits per heavy atom. The molecule has 1 aromatic rings. The molecule has 5 heteroatoms. The molecule has 0 aromatic heterocycles. The molecule has 1 atom stereocenters. The number of benzene rings is 1. The molecule has 1 unspecified atom stereocenters. The summed E-state index contributed by atoms with van der Waals surface area (Å²) in [6.07, 6.45) is 0. The average Bonchev–Trinajstić information content (AvgIpc) is 2.38. The molecule has 0 aliphatic rings. The summed E-state index contributed by atoms with van der Waals surface area (Å²) < 4.78 is 4.57. The first-order chi connectivity index (χ1) is 8.12. The Balaban J connectivity index is 2.46. The second-order valence-corrected chi connectivity index (χ2v) is 3.86.